The van der Waals surface area contributed by atoms with Crippen LogP contribution in [0.2, 0.25) is 0 Å². The molecule has 0 bridgehead atoms. The van der Waals surface area contributed by atoms with Crippen LogP contribution < -0.4 is 0 Å². The van der Waals surface area contributed by atoms with Crippen molar-refractivity contribution >= 4 is 17.4 Å². The molecule has 5 heteroatoms. The molecule has 0 spiro atoms. The van der Waals surface area contributed by atoms with E-state index in [1.807, 2.05) is 63.3 Å². The number of Topliss-reactive ketones (excluding diaryl/α,β-unsaturated/α-hetero) is 1. The number of allylic oxidation sites excluding steroid dienone is 1. The second kappa shape index (κ2) is 10.4. The smallest absolute Gasteiger partial charge is 0.206 e. The number of hydrogen-bond acceptors (Lipinski definition) is 4. The maximum Gasteiger partial charge on any atom is 0.206 e. The van der Waals surface area contributed by atoms with Crippen LogP contribution in [0.3, 0.4) is 0 Å². The topological polar surface area (TPSA) is 38.8 Å². The van der Waals surface area contributed by atoms with Crippen LogP contribution in [0.1, 0.15) is 57.8 Å². The van der Waals surface area contributed by atoms with Gasteiger partial charge in [0, 0.05) is 18.5 Å². The van der Waals surface area contributed by atoms with E-state index in [0.717, 1.165) is 25.2 Å². The number of halogens is 1. The molecule has 2 atom stereocenters. The minimum absolute atomic E-state index is 0.0225. The minimum Gasteiger partial charge on any atom is -0.480 e. The lowest BCUT2D eigenvalue weighted by molar-refractivity contribution is 0.0136. The third-order valence-electron chi connectivity index (χ3n) is 5.68. The fraction of sp³-hybridized carbons (Fsp3) is 0.542. The van der Waals surface area contributed by atoms with Crippen LogP contribution in [-0.4, -0.2) is 47.6 Å². The van der Waals surface area contributed by atoms with Crippen LogP contribution in [-0.2, 0) is 9.47 Å². The third-order valence-corrected chi connectivity index (χ3v) is 6.24. The lowest BCUT2D eigenvalue weighted by Crippen LogP contribution is -2.39. The number of nitrogens with zero attached hydrogens (tertiary/aromatic N) is 1. The molecular weight excluding hydrogens is 386 g/mol. The number of carbonyl (C=O) groups excluding carboxylic acids is 1. The van der Waals surface area contributed by atoms with Crippen LogP contribution in [0.25, 0.3) is 0 Å². The summed E-state index contributed by atoms with van der Waals surface area (Å²) < 4.78 is 12.2. The summed E-state index contributed by atoms with van der Waals surface area (Å²) in [6.45, 7) is 13.4. The first-order valence-corrected chi connectivity index (χ1v) is 10.9. The van der Waals surface area contributed by atoms with Crippen molar-refractivity contribution in [2.24, 2.45) is 0 Å². The lowest BCUT2D eigenvalue weighted by atomic mass is 9.91. The number of benzene rings is 1. The summed E-state index contributed by atoms with van der Waals surface area (Å²) in [6.07, 6.45) is 4.88. The molecule has 2 rings (SSSR count). The predicted molar refractivity (Wildman–Crippen MR) is 119 cm³/mol. The van der Waals surface area contributed by atoms with Gasteiger partial charge in [0.05, 0.1) is 6.61 Å². The van der Waals surface area contributed by atoms with Crippen molar-refractivity contribution in [3.05, 3.63) is 59.4 Å². The standard InChI is InChI=1S/C24H34ClNO3/c1-6-23(5,22(27)20-12-10-9-11-13-20)29-21-14-15-24(25,19(4)18-21)28-17-16-26(7-2)8-3/h9-14,18H,6-8,15-17H2,1-5H3. The molecule has 1 aliphatic carbocycles. The summed E-state index contributed by atoms with van der Waals surface area (Å²) in [4.78, 5) is 15.3. The van der Waals surface area contributed by atoms with Crippen molar-refractivity contribution in [3.63, 3.8) is 0 Å². The van der Waals surface area contributed by atoms with Gasteiger partial charge in [-0.05, 0) is 51.1 Å². The van der Waals surface area contributed by atoms with Gasteiger partial charge in [0.1, 0.15) is 5.76 Å². The van der Waals surface area contributed by atoms with Gasteiger partial charge in [0.15, 0.2) is 10.7 Å². The Morgan fingerprint density at radius 2 is 1.86 bits per heavy atom. The van der Waals surface area contributed by atoms with Gasteiger partial charge in [-0.1, -0.05) is 62.7 Å². The summed E-state index contributed by atoms with van der Waals surface area (Å²) in [7, 11) is 0. The van der Waals surface area contributed by atoms with E-state index in [0.29, 0.717) is 30.8 Å². The number of carbonyl (C=O) groups is 1. The highest BCUT2D eigenvalue weighted by atomic mass is 35.5. The first-order valence-electron chi connectivity index (χ1n) is 10.5. The van der Waals surface area contributed by atoms with E-state index in [-0.39, 0.29) is 5.78 Å². The molecule has 29 heavy (non-hydrogen) atoms. The molecule has 0 fully saturated rings. The van der Waals surface area contributed by atoms with Crippen molar-refractivity contribution < 1.29 is 14.3 Å². The Labute approximate surface area is 180 Å². The Morgan fingerprint density at radius 3 is 2.41 bits per heavy atom. The molecular formula is C24H34ClNO3. The number of alkyl halides is 1. The predicted octanol–water partition coefficient (Wildman–Crippen LogP) is 5.58. The largest absolute Gasteiger partial charge is 0.480 e. The van der Waals surface area contributed by atoms with Crippen molar-refractivity contribution in [2.45, 2.75) is 58.1 Å². The third kappa shape index (κ3) is 5.94. The van der Waals surface area contributed by atoms with E-state index in [1.54, 1.807) is 0 Å². The van der Waals surface area contributed by atoms with Gasteiger partial charge < -0.3 is 14.4 Å². The van der Waals surface area contributed by atoms with Crippen LogP contribution >= 0.6 is 11.6 Å². The summed E-state index contributed by atoms with van der Waals surface area (Å²) >= 11 is 6.75. The van der Waals surface area contributed by atoms with Gasteiger partial charge in [-0.25, -0.2) is 0 Å². The molecule has 2 unspecified atom stereocenters. The molecule has 1 aliphatic rings. The van der Waals surface area contributed by atoms with E-state index < -0.39 is 10.7 Å². The highest BCUT2D eigenvalue weighted by molar-refractivity contribution is 6.25. The normalized spacial score (nSPS) is 21.3. The van der Waals surface area contributed by atoms with Gasteiger partial charge >= 0.3 is 0 Å². The highest BCUT2D eigenvalue weighted by Gasteiger charge is 2.37. The van der Waals surface area contributed by atoms with Crippen LogP contribution in [0.5, 0.6) is 0 Å². The number of likely N-dealkylation sites (N-methyl/N-ethyl adjacent to an activating group) is 1. The molecule has 0 radical (unpaired) electrons. The molecule has 0 N–H and O–H groups in total. The zero-order valence-corrected chi connectivity index (χ0v) is 19.1. The fourth-order valence-electron chi connectivity index (χ4n) is 3.33. The van der Waals surface area contributed by atoms with E-state index in [1.165, 1.54) is 0 Å². The Bertz CT molecular complexity index is 742. The monoisotopic (exact) mass is 419 g/mol. The average molecular weight is 420 g/mol. The van der Waals surface area contributed by atoms with Gasteiger partial charge in [-0.15, -0.1) is 0 Å². The molecule has 0 aromatic heterocycles. The summed E-state index contributed by atoms with van der Waals surface area (Å²) in [5.74, 6) is 0.644. The summed E-state index contributed by atoms with van der Waals surface area (Å²) in [5.41, 5.74) is 0.613. The van der Waals surface area contributed by atoms with Crippen LogP contribution in [0, 0.1) is 0 Å². The molecule has 160 valence electrons. The number of ether oxygens (including phenoxy) is 2. The minimum atomic E-state index is -0.931. The maximum atomic E-state index is 13.0. The summed E-state index contributed by atoms with van der Waals surface area (Å²) in [5, 5.41) is -0.855. The highest BCUT2D eigenvalue weighted by Crippen LogP contribution is 2.37. The second-order valence-corrected chi connectivity index (χ2v) is 8.23. The van der Waals surface area contributed by atoms with Crippen molar-refractivity contribution in [2.75, 3.05) is 26.2 Å². The lowest BCUT2D eigenvalue weighted by Gasteiger charge is -2.34. The van der Waals surface area contributed by atoms with Gasteiger partial charge in [0.25, 0.3) is 0 Å². The average Bonchev–Trinajstić information content (AvgIpc) is 2.74. The van der Waals surface area contributed by atoms with Crippen LogP contribution in [0.4, 0.5) is 0 Å². The van der Waals surface area contributed by atoms with Crippen molar-refractivity contribution in [1.29, 1.82) is 0 Å². The second-order valence-electron chi connectivity index (χ2n) is 7.62. The molecule has 0 saturated heterocycles. The molecule has 0 amide bonds. The zero-order valence-electron chi connectivity index (χ0n) is 18.3. The molecule has 4 nitrogen and oxygen atoms in total. The zero-order chi connectivity index (χ0) is 21.5. The SMILES string of the molecule is CCN(CC)CCOC1(Cl)CC=C(OC(C)(CC)C(=O)c2ccccc2)C=C1C. The van der Waals surface area contributed by atoms with E-state index >= 15 is 0 Å². The van der Waals surface area contributed by atoms with E-state index in [4.69, 9.17) is 21.1 Å². The Kier molecular flexibility index (Phi) is 8.50. The Balaban J connectivity index is 2.04. The van der Waals surface area contributed by atoms with E-state index in [2.05, 4.69) is 18.7 Å². The first kappa shape index (κ1) is 23.7. The molecule has 1 aromatic rings. The van der Waals surface area contributed by atoms with Crippen molar-refractivity contribution in [3.8, 4) is 0 Å². The van der Waals surface area contributed by atoms with Gasteiger partial charge in [-0.3, -0.25) is 4.79 Å². The fourth-order valence-corrected chi connectivity index (χ4v) is 3.54. The van der Waals surface area contributed by atoms with Crippen molar-refractivity contribution in [1.82, 2.24) is 4.90 Å². The number of ketones is 1. The van der Waals surface area contributed by atoms with Gasteiger partial charge in [-0.2, -0.15) is 0 Å². The number of hydrogen-bond donors (Lipinski definition) is 0. The Hall–Kier alpha value is -1.62. The van der Waals surface area contributed by atoms with E-state index in [9.17, 15) is 4.79 Å². The summed E-state index contributed by atoms with van der Waals surface area (Å²) in [6, 6.07) is 9.28. The maximum absolute atomic E-state index is 13.0. The number of rotatable bonds is 11. The molecule has 0 saturated carbocycles. The first-order chi connectivity index (χ1) is 13.8. The molecule has 0 heterocycles. The quantitative estimate of drug-likeness (QED) is 0.346. The van der Waals surface area contributed by atoms with Gasteiger partial charge in [0.2, 0.25) is 5.78 Å². The van der Waals surface area contributed by atoms with Crippen LogP contribution in [0.15, 0.2) is 53.8 Å². The molecule has 1 aromatic carbocycles. The Morgan fingerprint density at radius 1 is 1.21 bits per heavy atom. The molecule has 0 aliphatic heterocycles.